The quantitative estimate of drug-likeness (QED) is 0.865. The molecule has 0 unspecified atom stereocenters. The Kier molecular flexibility index (Phi) is 2.88. The first-order valence-corrected chi connectivity index (χ1v) is 5.52. The van der Waals surface area contributed by atoms with Crippen LogP contribution >= 0.6 is 0 Å². The molecule has 0 atom stereocenters. The van der Waals surface area contributed by atoms with Crippen LogP contribution in [0.25, 0.3) is 10.9 Å². The highest BCUT2D eigenvalue weighted by Gasteiger charge is 2.13. The molecule has 0 aliphatic heterocycles. The van der Waals surface area contributed by atoms with Crippen LogP contribution in [0, 0.1) is 11.7 Å². The summed E-state index contributed by atoms with van der Waals surface area (Å²) in [7, 11) is 0. The lowest BCUT2D eigenvalue weighted by atomic mass is 10.0. The molecule has 2 aromatic rings. The van der Waals surface area contributed by atoms with Gasteiger partial charge in [0.1, 0.15) is 5.82 Å². The Morgan fingerprint density at radius 1 is 1.47 bits per heavy atom. The van der Waals surface area contributed by atoms with Crippen LogP contribution in [0.4, 0.5) is 9.18 Å². The number of nitrogens with zero attached hydrogens (tertiary/aromatic N) is 1. The summed E-state index contributed by atoms with van der Waals surface area (Å²) in [5.74, 6) is 0.0217. The van der Waals surface area contributed by atoms with E-state index in [0.717, 1.165) is 10.1 Å². The van der Waals surface area contributed by atoms with Crippen LogP contribution in [0.1, 0.15) is 19.4 Å². The molecule has 0 bridgehead atoms. The summed E-state index contributed by atoms with van der Waals surface area (Å²) in [4.78, 5) is 11.1. The predicted molar refractivity (Wildman–Crippen MR) is 63.9 cm³/mol. The normalized spacial score (nSPS) is 11.3. The zero-order chi connectivity index (χ0) is 12.6. The van der Waals surface area contributed by atoms with Crippen molar-refractivity contribution in [2.45, 2.75) is 20.3 Å². The Morgan fingerprint density at radius 2 is 2.18 bits per heavy atom. The maximum Gasteiger partial charge on any atom is 0.416 e. The van der Waals surface area contributed by atoms with Crippen molar-refractivity contribution in [1.82, 2.24) is 4.57 Å². The first kappa shape index (κ1) is 11.6. The van der Waals surface area contributed by atoms with E-state index in [9.17, 15) is 9.18 Å². The number of rotatable bonds is 2. The lowest BCUT2D eigenvalue weighted by molar-refractivity contribution is 0.197. The van der Waals surface area contributed by atoms with Gasteiger partial charge in [-0.25, -0.2) is 9.18 Å². The van der Waals surface area contributed by atoms with Crippen LogP contribution in [0.2, 0.25) is 0 Å². The molecule has 0 spiro atoms. The van der Waals surface area contributed by atoms with Gasteiger partial charge in [0.15, 0.2) is 0 Å². The van der Waals surface area contributed by atoms with Gasteiger partial charge in [-0.15, -0.1) is 0 Å². The van der Waals surface area contributed by atoms with Crippen LogP contribution in [0.15, 0.2) is 24.4 Å². The van der Waals surface area contributed by atoms with Gasteiger partial charge in [0.25, 0.3) is 0 Å². The smallest absolute Gasteiger partial charge is 0.416 e. The molecule has 2 rings (SSSR count). The van der Waals surface area contributed by atoms with Gasteiger partial charge >= 0.3 is 6.09 Å². The van der Waals surface area contributed by atoms with Crippen molar-refractivity contribution in [1.29, 1.82) is 0 Å². The van der Waals surface area contributed by atoms with E-state index in [1.165, 1.54) is 18.3 Å². The molecule has 0 radical (unpaired) electrons. The number of fused-ring (bicyclic) bond motifs is 1. The van der Waals surface area contributed by atoms with Crippen molar-refractivity contribution in [3.05, 3.63) is 35.8 Å². The van der Waals surface area contributed by atoms with Gasteiger partial charge < -0.3 is 5.11 Å². The Hall–Kier alpha value is -1.84. The van der Waals surface area contributed by atoms with E-state index < -0.39 is 6.09 Å². The van der Waals surface area contributed by atoms with E-state index in [1.807, 2.05) is 13.8 Å². The highest BCUT2D eigenvalue weighted by molar-refractivity contribution is 5.91. The molecule has 1 heterocycles. The van der Waals surface area contributed by atoms with Gasteiger partial charge in [0, 0.05) is 11.6 Å². The van der Waals surface area contributed by atoms with Crippen molar-refractivity contribution in [2.75, 3.05) is 0 Å². The van der Waals surface area contributed by atoms with E-state index in [0.29, 0.717) is 23.2 Å². The maximum absolute atomic E-state index is 13.4. The van der Waals surface area contributed by atoms with Gasteiger partial charge in [-0.05, 0) is 36.1 Å². The van der Waals surface area contributed by atoms with E-state index >= 15 is 0 Å². The average molecular weight is 235 g/mol. The molecule has 1 N–H and O–H groups in total. The van der Waals surface area contributed by atoms with Crippen molar-refractivity contribution in [2.24, 2.45) is 5.92 Å². The van der Waals surface area contributed by atoms with Gasteiger partial charge in [0.05, 0.1) is 5.52 Å². The van der Waals surface area contributed by atoms with Crippen LogP contribution in [-0.4, -0.2) is 15.8 Å². The number of hydrogen-bond donors (Lipinski definition) is 1. The fraction of sp³-hybridized carbons (Fsp3) is 0.308. The molecule has 90 valence electrons. The molecule has 4 heteroatoms. The standard InChI is InChI=1S/C13H14FNO2/c1-8(2)5-10-7-11(14)6-9-3-4-15(12(9)10)13(16)17/h3-4,6-8H,5H2,1-2H3,(H,16,17). The van der Waals surface area contributed by atoms with Gasteiger partial charge in [-0.1, -0.05) is 13.8 Å². The minimum Gasteiger partial charge on any atom is -0.464 e. The fourth-order valence-electron chi connectivity index (χ4n) is 2.08. The van der Waals surface area contributed by atoms with Gasteiger partial charge in [-0.3, -0.25) is 4.57 Å². The Labute approximate surface area is 98.5 Å². The van der Waals surface area contributed by atoms with E-state index in [-0.39, 0.29) is 5.82 Å². The topological polar surface area (TPSA) is 42.2 Å². The zero-order valence-electron chi connectivity index (χ0n) is 9.77. The highest BCUT2D eigenvalue weighted by Crippen LogP contribution is 2.24. The first-order valence-electron chi connectivity index (χ1n) is 5.52. The molecule has 0 fully saturated rings. The number of aromatic nitrogens is 1. The highest BCUT2D eigenvalue weighted by atomic mass is 19.1. The van der Waals surface area contributed by atoms with Crippen molar-refractivity contribution >= 4 is 17.0 Å². The molecule has 1 aromatic heterocycles. The van der Waals surface area contributed by atoms with Crippen LogP contribution in [-0.2, 0) is 6.42 Å². The molecule has 17 heavy (non-hydrogen) atoms. The van der Waals surface area contributed by atoms with Crippen molar-refractivity contribution < 1.29 is 14.3 Å². The Balaban J connectivity index is 2.69. The van der Waals surface area contributed by atoms with Gasteiger partial charge in [-0.2, -0.15) is 0 Å². The third-order valence-corrected chi connectivity index (χ3v) is 2.66. The molecule has 0 saturated carbocycles. The van der Waals surface area contributed by atoms with Crippen LogP contribution in [0.5, 0.6) is 0 Å². The van der Waals surface area contributed by atoms with Crippen LogP contribution in [0.3, 0.4) is 0 Å². The minimum absolute atomic E-state index is 0.323. The first-order chi connectivity index (χ1) is 7.99. The van der Waals surface area contributed by atoms with Crippen molar-refractivity contribution in [3.63, 3.8) is 0 Å². The number of carbonyl (C=O) groups is 1. The summed E-state index contributed by atoms with van der Waals surface area (Å²) in [5, 5.41) is 9.70. The van der Waals surface area contributed by atoms with Gasteiger partial charge in [0.2, 0.25) is 0 Å². The second kappa shape index (κ2) is 4.20. The summed E-state index contributed by atoms with van der Waals surface area (Å²) in [6.07, 6.45) is 1.07. The van der Waals surface area contributed by atoms with E-state index in [2.05, 4.69) is 0 Å². The number of benzene rings is 1. The summed E-state index contributed by atoms with van der Waals surface area (Å²) >= 11 is 0. The zero-order valence-corrected chi connectivity index (χ0v) is 9.77. The third-order valence-electron chi connectivity index (χ3n) is 2.66. The molecule has 0 aliphatic carbocycles. The number of halogens is 1. The monoisotopic (exact) mass is 235 g/mol. The average Bonchev–Trinajstić information content (AvgIpc) is 2.59. The van der Waals surface area contributed by atoms with Crippen LogP contribution < -0.4 is 0 Å². The molecular weight excluding hydrogens is 221 g/mol. The SMILES string of the molecule is CC(C)Cc1cc(F)cc2ccn(C(=O)O)c12. The molecule has 0 aliphatic rings. The molecular formula is C13H14FNO2. The molecule has 1 aromatic carbocycles. The molecule has 0 saturated heterocycles. The summed E-state index contributed by atoms with van der Waals surface area (Å²) in [6.45, 7) is 4.04. The lowest BCUT2D eigenvalue weighted by Gasteiger charge is -2.09. The summed E-state index contributed by atoms with van der Waals surface area (Å²) in [6, 6.07) is 4.40. The van der Waals surface area contributed by atoms with E-state index in [1.54, 1.807) is 6.07 Å². The van der Waals surface area contributed by atoms with E-state index in [4.69, 9.17) is 5.11 Å². The minimum atomic E-state index is -1.04. The third kappa shape index (κ3) is 2.16. The fourth-order valence-corrected chi connectivity index (χ4v) is 2.08. The Bertz CT molecular complexity index is 572. The molecule has 0 amide bonds. The number of hydrogen-bond acceptors (Lipinski definition) is 1. The predicted octanol–water partition coefficient (Wildman–Crippen LogP) is 3.51. The Morgan fingerprint density at radius 3 is 2.76 bits per heavy atom. The summed E-state index contributed by atoms with van der Waals surface area (Å²) in [5.41, 5.74) is 1.33. The maximum atomic E-state index is 13.4. The molecule has 3 nitrogen and oxygen atoms in total. The summed E-state index contributed by atoms with van der Waals surface area (Å²) < 4.78 is 14.5. The largest absolute Gasteiger partial charge is 0.464 e. The second-order valence-corrected chi connectivity index (χ2v) is 4.57. The van der Waals surface area contributed by atoms with Crippen molar-refractivity contribution in [3.8, 4) is 0 Å². The lowest BCUT2D eigenvalue weighted by Crippen LogP contribution is -2.08. The second-order valence-electron chi connectivity index (χ2n) is 4.57. The number of carboxylic acid groups (broad SMARTS) is 1.